The molecule has 0 bridgehead atoms. The quantitative estimate of drug-likeness (QED) is 0.905. The SMILES string of the molecule is O=C(O)c1nsc2cc(OC(F)(F)F)ccc12. The van der Waals surface area contributed by atoms with Crippen LogP contribution >= 0.6 is 11.5 Å². The second-order valence-corrected chi connectivity index (χ2v) is 3.85. The first-order valence-corrected chi connectivity index (χ1v) is 5.02. The maximum Gasteiger partial charge on any atom is 0.573 e. The molecule has 0 aliphatic heterocycles. The van der Waals surface area contributed by atoms with E-state index in [1.807, 2.05) is 0 Å². The normalized spacial score (nSPS) is 11.7. The van der Waals surface area contributed by atoms with Crippen LogP contribution < -0.4 is 4.74 Å². The van der Waals surface area contributed by atoms with E-state index in [9.17, 15) is 18.0 Å². The van der Waals surface area contributed by atoms with Crippen molar-refractivity contribution in [2.75, 3.05) is 0 Å². The molecular weight excluding hydrogens is 259 g/mol. The van der Waals surface area contributed by atoms with Crippen molar-refractivity contribution in [3.05, 3.63) is 23.9 Å². The summed E-state index contributed by atoms with van der Waals surface area (Å²) in [6, 6.07) is 3.40. The fraction of sp³-hybridized carbons (Fsp3) is 0.111. The Morgan fingerprint density at radius 3 is 2.71 bits per heavy atom. The standard InChI is InChI=1S/C9H4F3NO3S/c10-9(11,12)16-4-1-2-5-6(3-4)17-13-7(5)8(14)15/h1-3H,(H,14,15). The summed E-state index contributed by atoms with van der Waals surface area (Å²) in [5, 5.41) is 9.05. The number of carbonyl (C=O) groups is 1. The molecule has 0 spiro atoms. The molecule has 0 fully saturated rings. The highest BCUT2D eigenvalue weighted by molar-refractivity contribution is 7.13. The van der Waals surface area contributed by atoms with E-state index in [1.54, 1.807) is 0 Å². The van der Waals surface area contributed by atoms with Gasteiger partial charge in [-0.15, -0.1) is 13.2 Å². The minimum absolute atomic E-state index is 0.177. The molecule has 2 rings (SSSR count). The topological polar surface area (TPSA) is 59.4 Å². The van der Waals surface area contributed by atoms with E-state index in [0.717, 1.165) is 23.7 Å². The Balaban J connectivity index is 2.43. The molecule has 90 valence electrons. The molecule has 0 saturated carbocycles. The average molecular weight is 263 g/mol. The predicted molar refractivity (Wildman–Crippen MR) is 53.3 cm³/mol. The van der Waals surface area contributed by atoms with Gasteiger partial charge in [-0.3, -0.25) is 0 Å². The molecule has 17 heavy (non-hydrogen) atoms. The van der Waals surface area contributed by atoms with Gasteiger partial charge in [0.05, 0.1) is 4.70 Å². The molecule has 8 heteroatoms. The van der Waals surface area contributed by atoms with Crippen molar-refractivity contribution in [3.63, 3.8) is 0 Å². The maximum atomic E-state index is 11.9. The zero-order valence-electron chi connectivity index (χ0n) is 7.99. The van der Waals surface area contributed by atoms with Crippen LogP contribution in [0.4, 0.5) is 13.2 Å². The highest BCUT2D eigenvalue weighted by Gasteiger charge is 2.31. The number of hydrogen-bond donors (Lipinski definition) is 1. The van der Waals surface area contributed by atoms with Crippen LogP contribution in [0.25, 0.3) is 10.1 Å². The first-order valence-electron chi connectivity index (χ1n) is 4.25. The number of fused-ring (bicyclic) bond motifs is 1. The highest BCUT2D eigenvalue weighted by Crippen LogP contribution is 2.30. The van der Waals surface area contributed by atoms with Gasteiger partial charge in [0, 0.05) is 5.39 Å². The fourth-order valence-corrected chi connectivity index (χ4v) is 2.07. The van der Waals surface area contributed by atoms with E-state index in [0.29, 0.717) is 4.70 Å². The average Bonchev–Trinajstić information content (AvgIpc) is 2.57. The number of alkyl halides is 3. The summed E-state index contributed by atoms with van der Waals surface area (Å²) in [6.07, 6.45) is -4.77. The molecule has 0 saturated heterocycles. The van der Waals surface area contributed by atoms with E-state index in [-0.39, 0.29) is 11.1 Å². The molecule has 2 aromatic rings. The van der Waals surface area contributed by atoms with Crippen LogP contribution in [0.1, 0.15) is 10.5 Å². The van der Waals surface area contributed by atoms with Gasteiger partial charge in [-0.1, -0.05) is 0 Å². The van der Waals surface area contributed by atoms with Gasteiger partial charge in [0.15, 0.2) is 5.69 Å². The van der Waals surface area contributed by atoms with Crippen molar-refractivity contribution in [2.24, 2.45) is 0 Å². The largest absolute Gasteiger partial charge is 0.573 e. The van der Waals surface area contributed by atoms with Gasteiger partial charge in [-0.25, -0.2) is 4.79 Å². The molecule has 1 aromatic heterocycles. The summed E-state index contributed by atoms with van der Waals surface area (Å²) >= 11 is 0.804. The van der Waals surface area contributed by atoms with Crippen LogP contribution in [0.5, 0.6) is 5.75 Å². The first kappa shape index (κ1) is 11.6. The van der Waals surface area contributed by atoms with Gasteiger partial charge < -0.3 is 9.84 Å². The minimum atomic E-state index is -4.77. The number of halogens is 3. The lowest BCUT2D eigenvalue weighted by atomic mass is 10.2. The van der Waals surface area contributed by atoms with Crippen LogP contribution in [-0.4, -0.2) is 21.8 Å². The van der Waals surface area contributed by atoms with Crippen LogP contribution in [0.15, 0.2) is 18.2 Å². The zero-order valence-corrected chi connectivity index (χ0v) is 8.80. The molecule has 0 aliphatic carbocycles. The number of carboxylic acid groups (broad SMARTS) is 1. The van der Waals surface area contributed by atoms with Crippen molar-refractivity contribution >= 4 is 27.6 Å². The third-order valence-corrected chi connectivity index (χ3v) is 2.69. The third kappa shape index (κ3) is 2.47. The lowest BCUT2D eigenvalue weighted by molar-refractivity contribution is -0.274. The summed E-state index contributed by atoms with van der Waals surface area (Å²) in [5.41, 5.74) is -0.177. The van der Waals surface area contributed by atoms with Gasteiger partial charge in [0.2, 0.25) is 0 Å². The summed E-state index contributed by atoms with van der Waals surface area (Å²) < 4.78 is 43.5. The fourth-order valence-electron chi connectivity index (χ4n) is 1.27. The number of aromatic nitrogens is 1. The van der Waals surface area contributed by atoms with Gasteiger partial charge >= 0.3 is 12.3 Å². The van der Waals surface area contributed by atoms with E-state index >= 15 is 0 Å². The van der Waals surface area contributed by atoms with Crippen molar-refractivity contribution in [3.8, 4) is 5.75 Å². The molecule has 0 aliphatic rings. The van der Waals surface area contributed by atoms with Crippen LogP contribution in [0.2, 0.25) is 0 Å². The van der Waals surface area contributed by atoms with Gasteiger partial charge in [0.25, 0.3) is 0 Å². The Morgan fingerprint density at radius 2 is 2.12 bits per heavy atom. The number of benzene rings is 1. The van der Waals surface area contributed by atoms with E-state index < -0.39 is 18.1 Å². The zero-order chi connectivity index (χ0) is 12.6. The number of hydrogen-bond acceptors (Lipinski definition) is 4. The molecule has 1 heterocycles. The lowest BCUT2D eigenvalue weighted by Crippen LogP contribution is -2.16. The molecule has 1 N–H and O–H groups in total. The molecule has 0 unspecified atom stereocenters. The van der Waals surface area contributed by atoms with Gasteiger partial charge in [-0.05, 0) is 29.7 Å². The van der Waals surface area contributed by atoms with E-state index in [1.165, 1.54) is 6.07 Å². The van der Waals surface area contributed by atoms with Gasteiger partial charge in [0.1, 0.15) is 5.75 Å². The molecule has 0 amide bonds. The lowest BCUT2D eigenvalue weighted by Gasteiger charge is -2.08. The molecule has 0 radical (unpaired) electrons. The van der Waals surface area contributed by atoms with E-state index in [2.05, 4.69) is 9.11 Å². The molecule has 0 atom stereocenters. The first-order chi connectivity index (χ1) is 7.87. The number of rotatable bonds is 2. The number of ether oxygens (including phenoxy) is 1. The van der Waals surface area contributed by atoms with Crippen molar-refractivity contribution < 1.29 is 27.8 Å². The second kappa shape index (κ2) is 3.88. The van der Waals surface area contributed by atoms with Crippen LogP contribution in [0.3, 0.4) is 0 Å². The van der Waals surface area contributed by atoms with Crippen molar-refractivity contribution in [2.45, 2.75) is 6.36 Å². The Labute approximate surface area is 96.4 Å². The van der Waals surface area contributed by atoms with Crippen molar-refractivity contribution in [1.29, 1.82) is 0 Å². The minimum Gasteiger partial charge on any atom is -0.476 e. The molecule has 4 nitrogen and oxygen atoms in total. The number of carboxylic acids is 1. The number of aromatic carboxylic acids is 1. The highest BCUT2D eigenvalue weighted by atomic mass is 32.1. The Morgan fingerprint density at radius 1 is 1.41 bits per heavy atom. The van der Waals surface area contributed by atoms with Crippen molar-refractivity contribution in [1.82, 2.24) is 4.37 Å². The van der Waals surface area contributed by atoms with Gasteiger partial charge in [-0.2, -0.15) is 4.37 Å². The third-order valence-electron chi connectivity index (χ3n) is 1.88. The van der Waals surface area contributed by atoms with Crippen LogP contribution in [0, 0.1) is 0 Å². The molecule has 1 aromatic carbocycles. The monoisotopic (exact) mass is 263 g/mol. The Kier molecular flexibility index (Phi) is 2.66. The molecular formula is C9H4F3NO3S. The maximum absolute atomic E-state index is 11.9. The summed E-state index contributed by atoms with van der Waals surface area (Å²) in [4.78, 5) is 10.7. The smallest absolute Gasteiger partial charge is 0.476 e. The summed E-state index contributed by atoms with van der Waals surface area (Å²) in [5.74, 6) is -1.62. The van der Waals surface area contributed by atoms with Crippen LogP contribution in [-0.2, 0) is 0 Å². The summed E-state index contributed by atoms with van der Waals surface area (Å²) in [7, 11) is 0. The Hall–Kier alpha value is -1.83. The van der Waals surface area contributed by atoms with E-state index in [4.69, 9.17) is 5.11 Å². The number of nitrogens with zero attached hydrogens (tertiary/aromatic N) is 1. The second-order valence-electron chi connectivity index (χ2n) is 3.04. The summed E-state index contributed by atoms with van der Waals surface area (Å²) in [6.45, 7) is 0. The Bertz CT molecular complexity index is 578. The predicted octanol–water partition coefficient (Wildman–Crippen LogP) is 2.89.